The van der Waals surface area contributed by atoms with Crippen LogP contribution in [0.5, 0.6) is 0 Å². The number of rotatable bonds is 8. The fourth-order valence-corrected chi connectivity index (χ4v) is 10.5. The van der Waals surface area contributed by atoms with Gasteiger partial charge in [0.25, 0.3) is 0 Å². The predicted molar refractivity (Wildman–Crippen MR) is 290 cm³/mol. The number of hydrogen-bond acceptors (Lipinski definition) is 1. The average molecular weight is 865 g/mol. The number of hydrogen-bond donors (Lipinski definition) is 0. The van der Waals surface area contributed by atoms with Gasteiger partial charge in [0, 0.05) is 33.4 Å². The number of benzene rings is 12. The van der Waals surface area contributed by atoms with Crippen molar-refractivity contribution in [2.45, 2.75) is 0 Å². The Morgan fingerprint density at radius 2 is 0.750 bits per heavy atom. The van der Waals surface area contributed by atoms with Crippen LogP contribution >= 0.6 is 0 Å². The van der Waals surface area contributed by atoms with Gasteiger partial charge in [0.2, 0.25) is 0 Å². The van der Waals surface area contributed by atoms with Crippen LogP contribution in [0, 0.1) is 0 Å². The molecule has 0 spiro atoms. The second-order valence-corrected chi connectivity index (χ2v) is 17.7. The number of aromatic nitrogens is 1. The van der Waals surface area contributed by atoms with E-state index in [1.54, 1.807) is 0 Å². The van der Waals surface area contributed by atoms with Crippen molar-refractivity contribution < 1.29 is 0 Å². The largest absolute Gasteiger partial charge is 0.310 e. The highest BCUT2D eigenvalue weighted by Crippen LogP contribution is 2.45. The summed E-state index contributed by atoms with van der Waals surface area (Å²) in [4.78, 5) is 2.42. The quantitative estimate of drug-likeness (QED) is 0.138. The highest BCUT2D eigenvalue weighted by Gasteiger charge is 2.20. The zero-order chi connectivity index (χ0) is 45.0. The molecular weight excluding hydrogens is 821 g/mol. The molecule has 0 atom stereocenters. The number of nitrogens with zero attached hydrogens (tertiary/aromatic N) is 2. The van der Waals surface area contributed by atoms with Crippen molar-refractivity contribution in [1.29, 1.82) is 0 Å². The molecule has 0 N–H and O–H groups in total. The Balaban J connectivity index is 0.962. The standard InChI is InChI=1S/C66H44N2/c1-2-16-47(17-3-1)63-43-52(50-20-14-21-56(42-50)68-64-27-12-10-25-60(64)61-26-11-13-28-65(61)68)35-40-66(63)67(54-36-31-46(32-37-54)51-30-29-45-15-4-5-18-49(45)41-51)55-38-33-48(34-39-55)62-44-53-19-6-7-22-57(53)58-23-8-9-24-59(58)62/h1-44H. The summed E-state index contributed by atoms with van der Waals surface area (Å²) in [6.45, 7) is 0. The monoisotopic (exact) mass is 864 g/mol. The third-order valence-corrected chi connectivity index (χ3v) is 13.8. The lowest BCUT2D eigenvalue weighted by molar-refractivity contribution is 1.18. The first-order valence-corrected chi connectivity index (χ1v) is 23.4. The zero-order valence-electron chi connectivity index (χ0n) is 37.3. The van der Waals surface area contributed by atoms with Gasteiger partial charge in [-0.05, 0) is 144 Å². The molecule has 0 fully saturated rings. The molecule has 0 radical (unpaired) electrons. The van der Waals surface area contributed by atoms with Gasteiger partial charge in [0.05, 0.1) is 16.7 Å². The molecule has 13 aromatic rings. The Morgan fingerprint density at radius 1 is 0.250 bits per heavy atom. The Kier molecular flexibility index (Phi) is 9.54. The van der Waals surface area contributed by atoms with Gasteiger partial charge in [-0.15, -0.1) is 0 Å². The predicted octanol–water partition coefficient (Wildman–Crippen LogP) is 18.4. The van der Waals surface area contributed by atoms with Gasteiger partial charge in [-0.3, -0.25) is 0 Å². The van der Waals surface area contributed by atoms with E-state index < -0.39 is 0 Å². The minimum atomic E-state index is 1.08. The molecule has 318 valence electrons. The van der Waals surface area contributed by atoms with E-state index in [0.29, 0.717) is 0 Å². The summed E-state index contributed by atoms with van der Waals surface area (Å²) in [7, 11) is 0. The second kappa shape index (κ2) is 16.5. The Labute approximate surface area is 395 Å². The van der Waals surface area contributed by atoms with Crippen LogP contribution in [0.2, 0.25) is 0 Å². The number of anilines is 3. The van der Waals surface area contributed by atoms with Gasteiger partial charge in [0.15, 0.2) is 0 Å². The fraction of sp³-hybridized carbons (Fsp3) is 0. The van der Waals surface area contributed by atoms with Gasteiger partial charge in [-0.1, -0.05) is 194 Å². The molecule has 13 rings (SSSR count). The van der Waals surface area contributed by atoms with E-state index >= 15 is 0 Å². The van der Waals surface area contributed by atoms with Gasteiger partial charge < -0.3 is 9.47 Å². The molecule has 1 heterocycles. The van der Waals surface area contributed by atoms with Crippen LogP contribution in [0.3, 0.4) is 0 Å². The summed E-state index contributed by atoms with van der Waals surface area (Å²) >= 11 is 0. The SMILES string of the molecule is c1ccc(-c2cc(-c3cccc(-n4c5ccccc5c5ccccc54)c3)ccc2N(c2ccc(-c3ccc4ccccc4c3)cc2)c2ccc(-c3cc4ccccc4c4ccccc34)cc2)cc1. The van der Waals surface area contributed by atoms with Crippen LogP contribution < -0.4 is 4.90 Å². The molecule has 2 heteroatoms. The maximum Gasteiger partial charge on any atom is 0.0541 e. The lowest BCUT2D eigenvalue weighted by Crippen LogP contribution is -2.11. The molecule has 68 heavy (non-hydrogen) atoms. The van der Waals surface area contributed by atoms with Gasteiger partial charge >= 0.3 is 0 Å². The minimum absolute atomic E-state index is 1.08. The normalized spacial score (nSPS) is 11.5. The Hall–Kier alpha value is -8.98. The Morgan fingerprint density at radius 3 is 1.47 bits per heavy atom. The van der Waals surface area contributed by atoms with Crippen LogP contribution in [0.4, 0.5) is 17.1 Å². The maximum absolute atomic E-state index is 2.42. The van der Waals surface area contributed by atoms with E-state index in [0.717, 1.165) is 45.0 Å². The first-order chi connectivity index (χ1) is 33.7. The van der Waals surface area contributed by atoms with Crippen molar-refractivity contribution in [2.75, 3.05) is 4.90 Å². The van der Waals surface area contributed by atoms with Gasteiger partial charge in [-0.25, -0.2) is 0 Å². The molecule has 0 aliphatic carbocycles. The molecular formula is C66H44N2. The zero-order valence-corrected chi connectivity index (χ0v) is 37.3. The number of fused-ring (bicyclic) bond motifs is 7. The summed E-state index contributed by atoms with van der Waals surface area (Å²) in [5.41, 5.74) is 16.2. The first-order valence-electron chi connectivity index (χ1n) is 23.4. The van der Waals surface area contributed by atoms with Crippen molar-refractivity contribution in [3.8, 4) is 50.2 Å². The molecule has 0 aliphatic heterocycles. The van der Waals surface area contributed by atoms with Crippen LogP contribution in [0.1, 0.15) is 0 Å². The maximum atomic E-state index is 2.42. The number of para-hydroxylation sites is 2. The third kappa shape index (κ3) is 6.82. The molecule has 0 amide bonds. The first kappa shape index (κ1) is 39.4. The molecule has 0 unspecified atom stereocenters. The van der Waals surface area contributed by atoms with Crippen molar-refractivity contribution in [1.82, 2.24) is 4.57 Å². The fourth-order valence-electron chi connectivity index (χ4n) is 10.5. The Bertz CT molecular complexity index is 3960. The average Bonchev–Trinajstić information content (AvgIpc) is 3.76. The summed E-state index contributed by atoms with van der Waals surface area (Å²) in [5, 5.41) is 10.0. The second-order valence-electron chi connectivity index (χ2n) is 17.7. The molecule has 0 saturated carbocycles. The molecule has 1 aromatic heterocycles. The highest BCUT2D eigenvalue weighted by atomic mass is 15.1. The molecule has 12 aromatic carbocycles. The van der Waals surface area contributed by atoms with Crippen LogP contribution in [0.15, 0.2) is 267 Å². The molecule has 0 saturated heterocycles. The summed E-state index contributed by atoms with van der Waals surface area (Å²) in [6.07, 6.45) is 0. The smallest absolute Gasteiger partial charge is 0.0541 e. The minimum Gasteiger partial charge on any atom is -0.310 e. The summed E-state index contributed by atoms with van der Waals surface area (Å²) in [5.74, 6) is 0. The van der Waals surface area contributed by atoms with E-state index in [4.69, 9.17) is 0 Å². The van der Waals surface area contributed by atoms with E-state index in [1.165, 1.54) is 76.4 Å². The van der Waals surface area contributed by atoms with Gasteiger partial charge in [0.1, 0.15) is 0 Å². The van der Waals surface area contributed by atoms with Crippen molar-refractivity contribution in [3.05, 3.63) is 267 Å². The summed E-state index contributed by atoms with van der Waals surface area (Å²) in [6, 6.07) is 97.6. The lowest BCUT2D eigenvalue weighted by atomic mass is 9.93. The van der Waals surface area contributed by atoms with E-state index in [-0.39, 0.29) is 0 Å². The van der Waals surface area contributed by atoms with Gasteiger partial charge in [-0.2, -0.15) is 0 Å². The highest BCUT2D eigenvalue weighted by molar-refractivity contribution is 6.14. The van der Waals surface area contributed by atoms with Crippen LogP contribution in [-0.4, -0.2) is 4.57 Å². The summed E-state index contributed by atoms with van der Waals surface area (Å²) < 4.78 is 2.40. The lowest BCUT2D eigenvalue weighted by Gasteiger charge is -2.29. The van der Waals surface area contributed by atoms with E-state index in [9.17, 15) is 0 Å². The molecule has 0 aliphatic rings. The van der Waals surface area contributed by atoms with E-state index in [1.807, 2.05) is 0 Å². The van der Waals surface area contributed by atoms with Crippen LogP contribution in [-0.2, 0) is 0 Å². The third-order valence-electron chi connectivity index (χ3n) is 13.8. The van der Waals surface area contributed by atoms with E-state index in [2.05, 4.69) is 276 Å². The van der Waals surface area contributed by atoms with Crippen LogP contribution in [0.25, 0.3) is 104 Å². The topological polar surface area (TPSA) is 8.17 Å². The van der Waals surface area contributed by atoms with Crippen molar-refractivity contribution in [2.24, 2.45) is 0 Å². The van der Waals surface area contributed by atoms with Crippen molar-refractivity contribution >= 4 is 71.2 Å². The van der Waals surface area contributed by atoms with Crippen molar-refractivity contribution in [3.63, 3.8) is 0 Å². The molecule has 0 bridgehead atoms. The molecule has 2 nitrogen and oxygen atoms in total.